The topological polar surface area (TPSA) is 91.2 Å². The number of carbonyl (C=O) groups is 1. The van der Waals surface area contributed by atoms with Crippen LogP contribution in [-0.4, -0.2) is 24.1 Å². The van der Waals surface area contributed by atoms with Crippen molar-refractivity contribution in [2.75, 3.05) is 12.8 Å². The third-order valence-corrected chi connectivity index (χ3v) is 1.81. The summed E-state index contributed by atoms with van der Waals surface area (Å²) in [5, 5.41) is 0. The Morgan fingerprint density at radius 1 is 1.64 bits per heavy atom. The first-order valence-corrected chi connectivity index (χ1v) is 4.17. The van der Waals surface area contributed by atoms with Gasteiger partial charge in [0.1, 0.15) is 11.9 Å². The van der Waals surface area contributed by atoms with Crippen molar-refractivity contribution >= 4 is 11.8 Å². The van der Waals surface area contributed by atoms with Crippen molar-refractivity contribution in [2.24, 2.45) is 5.73 Å². The van der Waals surface area contributed by atoms with Gasteiger partial charge in [0.05, 0.1) is 7.11 Å². The molecule has 1 atom stereocenters. The Hall–Kier alpha value is -1.62. The molecule has 1 rings (SSSR count). The van der Waals surface area contributed by atoms with E-state index in [-0.39, 0.29) is 0 Å². The minimum atomic E-state index is -0.648. The molecule has 1 aromatic heterocycles. The molecule has 5 nitrogen and oxygen atoms in total. The summed E-state index contributed by atoms with van der Waals surface area (Å²) in [6, 6.07) is 2.80. The quantitative estimate of drug-likeness (QED) is 0.646. The molecule has 0 radical (unpaired) electrons. The van der Waals surface area contributed by atoms with E-state index in [2.05, 4.69) is 9.72 Å². The van der Waals surface area contributed by atoms with Crippen LogP contribution in [-0.2, 0) is 16.0 Å². The molecule has 0 saturated heterocycles. The molecule has 0 aromatic carbocycles. The van der Waals surface area contributed by atoms with E-state index in [1.165, 1.54) is 7.11 Å². The van der Waals surface area contributed by atoms with E-state index in [0.29, 0.717) is 12.2 Å². The van der Waals surface area contributed by atoms with Crippen LogP contribution < -0.4 is 11.5 Å². The molecule has 0 aliphatic rings. The molecular formula is C9H13N3O2. The van der Waals surface area contributed by atoms with E-state index in [0.717, 1.165) is 5.56 Å². The number of rotatable bonds is 3. The van der Waals surface area contributed by atoms with Gasteiger partial charge in [-0.1, -0.05) is 6.07 Å². The fourth-order valence-electron chi connectivity index (χ4n) is 1.05. The number of hydrogen-bond acceptors (Lipinski definition) is 5. The van der Waals surface area contributed by atoms with Crippen molar-refractivity contribution in [1.82, 2.24) is 4.98 Å². The first-order chi connectivity index (χ1) is 6.63. The summed E-state index contributed by atoms with van der Waals surface area (Å²) in [5.74, 6) is 0.0159. The molecule has 0 aliphatic carbocycles. The maximum Gasteiger partial charge on any atom is 0.322 e. The van der Waals surface area contributed by atoms with Crippen LogP contribution in [0.15, 0.2) is 18.3 Å². The molecule has 76 valence electrons. The van der Waals surface area contributed by atoms with E-state index in [1.807, 2.05) is 0 Å². The van der Waals surface area contributed by atoms with Gasteiger partial charge >= 0.3 is 5.97 Å². The highest BCUT2D eigenvalue weighted by molar-refractivity contribution is 5.75. The Morgan fingerprint density at radius 2 is 2.36 bits per heavy atom. The van der Waals surface area contributed by atoms with Crippen molar-refractivity contribution in [3.8, 4) is 0 Å². The molecule has 0 spiro atoms. The fraction of sp³-hybridized carbons (Fsp3) is 0.333. The van der Waals surface area contributed by atoms with Crippen molar-refractivity contribution in [3.63, 3.8) is 0 Å². The number of anilines is 1. The number of nitrogens with zero attached hydrogens (tertiary/aromatic N) is 1. The number of esters is 1. The number of nitrogens with two attached hydrogens (primary N) is 2. The van der Waals surface area contributed by atoms with E-state index in [4.69, 9.17) is 11.5 Å². The van der Waals surface area contributed by atoms with Crippen LogP contribution in [0.2, 0.25) is 0 Å². The standard InChI is InChI=1S/C9H13N3O2/c1-14-9(13)7(10)4-6-2-3-8(11)12-5-6/h2-3,5,7H,4,10H2,1H3,(H2,11,12)/t7-/m0/s1. The average Bonchev–Trinajstić information content (AvgIpc) is 2.20. The van der Waals surface area contributed by atoms with E-state index in [9.17, 15) is 4.79 Å². The van der Waals surface area contributed by atoms with Gasteiger partial charge in [-0.05, 0) is 18.1 Å². The van der Waals surface area contributed by atoms with Gasteiger partial charge in [-0.25, -0.2) is 4.98 Å². The number of pyridine rings is 1. The van der Waals surface area contributed by atoms with Gasteiger partial charge in [-0.2, -0.15) is 0 Å². The van der Waals surface area contributed by atoms with Crippen LogP contribution in [0.3, 0.4) is 0 Å². The predicted molar refractivity (Wildman–Crippen MR) is 52.3 cm³/mol. The van der Waals surface area contributed by atoms with E-state index < -0.39 is 12.0 Å². The second kappa shape index (κ2) is 4.57. The second-order valence-corrected chi connectivity index (χ2v) is 2.93. The van der Waals surface area contributed by atoms with Crippen molar-refractivity contribution in [3.05, 3.63) is 23.9 Å². The Balaban J connectivity index is 2.60. The zero-order valence-corrected chi connectivity index (χ0v) is 7.93. The van der Waals surface area contributed by atoms with E-state index >= 15 is 0 Å². The van der Waals surface area contributed by atoms with Gasteiger partial charge in [0, 0.05) is 6.20 Å². The van der Waals surface area contributed by atoms with Crippen molar-refractivity contribution < 1.29 is 9.53 Å². The zero-order chi connectivity index (χ0) is 10.6. The molecule has 0 fully saturated rings. The van der Waals surface area contributed by atoms with Crippen molar-refractivity contribution in [2.45, 2.75) is 12.5 Å². The normalized spacial score (nSPS) is 12.1. The van der Waals surface area contributed by atoms with Crippen LogP contribution in [0.1, 0.15) is 5.56 Å². The molecule has 0 amide bonds. The number of methoxy groups -OCH3 is 1. The molecule has 0 bridgehead atoms. The van der Waals surface area contributed by atoms with Crippen molar-refractivity contribution in [1.29, 1.82) is 0 Å². The summed E-state index contributed by atoms with van der Waals surface area (Å²) in [7, 11) is 1.31. The molecule has 0 aliphatic heterocycles. The second-order valence-electron chi connectivity index (χ2n) is 2.93. The molecule has 1 heterocycles. The lowest BCUT2D eigenvalue weighted by Gasteiger charge is -2.08. The summed E-state index contributed by atoms with van der Waals surface area (Å²) in [6.45, 7) is 0. The highest BCUT2D eigenvalue weighted by Crippen LogP contribution is 2.04. The Labute approximate surface area is 82.1 Å². The number of nitrogen functional groups attached to an aromatic ring is 1. The molecule has 0 unspecified atom stereocenters. The number of hydrogen-bond donors (Lipinski definition) is 2. The third-order valence-electron chi connectivity index (χ3n) is 1.81. The molecule has 5 heteroatoms. The largest absolute Gasteiger partial charge is 0.468 e. The van der Waals surface area contributed by atoms with Gasteiger partial charge in [0.15, 0.2) is 0 Å². The maximum atomic E-state index is 11.0. The number of carbonyl (C=O) groups excluding carboxylic acids is 1. The maximum absolute atomic E-state index is 11.0. The molecule has 0 saturated carbocycles. The van der Waals surface area contributed by atoms with Gasteiger partial charge in [0.25, 0.3) is 0 Å². The lowest BCUT2D eigenvalue weighted by molar-refractivity contribution is -0.142. The van der Waals surface area contributed by atoms with Crippen LogP contribution in [0.5, 0.6) is 0 Å². The minimum Gasteiger partial charge on any atom is -0.468 e. The monoisotopic (exact) mass is 195 g/mol. The smallest absolute Gasteiger partial charge is 0.322 e. The Kier molecular flexibility index (Phi) is 3.41. The summed E-state index contributed by atoms with van der Waals surface area (Å²) in [5.41, 5.74) is 11.8. The third kappa shape index (κ3) is 2.70. The molecular weight excluding hydrogens is 182 g/mol. The average molecular weight is 195 g/mol. The van der Waals surface area contributed by atoms with Crippen LogP contribution >= 0.6 is 0 Å². The first-order valence-electron chi connectivity index (χ1n) is 4.17. The molecule has 4 N–H and O–H groups in total. The Morgan fingerprint density at radius 3 is 2.86 bits per heavy atom. The fourth-order valence-corrected chi connectivity index (χ4v) is 1.05. The summed E-state index contributed by atoms with van der Waals surface area (Å²) in [6.07, 6.45) is 2.00. The van der Waals surface area contributed by atoms with Gasteiger partial charge in [0.2, 0.25) is 0 Å². The lowest BCUT2D eigenvalue weighted by atomic mass is 10.1. The van der Waals surface area contributed by atoms with Gasteiger partial charge in [-0.15, -0.1) is 0 Å². The number of aromatic nitrogens is 1. The van der Waals surface area contributed by atoms with Gasteiger partial charge < -0.3 is 16.2 Å². The summed E-state index contributed by atoms with van der Waals surface area (Å²) in [4.78, 5) is 14.9. The van der Waals surface area contributed by atoms with Crippen LogP contribution in [0.25, 0.3) is 0 Å². The van der Waals surface area contributed by atoms with E-state index in [1.54, 1.807) is 18.3 Å². The first kappa shape index (κ1) is 10.5. The summed E-state index contributed by atoms with van der Waals surface area (Å²) >= 11 is 0. The van der Waals surface area contributed by atoms with Crippen LogP contribution in [0, 0.1) is 0 Å². The Bertz CT molecular complexity index is 310. The predicted octanol–water partition coefficient (Wildman–Crippen LogP) is -0.293. The number of ether oxygens (including phenoxy) is 1. The molecule has 14 heavy (non-hydrogen) atoms. The SMILES string of the molecule is COC(=O)[C@@H](N)Cc1ccc(N)nc1. The minimum absolute atomic E-state index is 0.403. The lowest BCUT2D eigenvalue weighted by Crippen LogP contribution is -2.33. The van der Waals surface area contributed by atoms with Gasteiger partial charge in [-0.3, -0.25) is 4.79 Å². The summed E-state index contributed by atoms with van der Waals surface area (Å²) < 4.78 is 4.50. The van der Waals surface area contributed by atoms with Crippen LogP contribution in [0.4, 0.5) is 5.82 Å². The highest BCUT2D eigenvalue weighted by atomic mass is 16.5. The zero-order valence-electron chi connectivity index (χ0n) is 7.93. The molecule has 1 aromatic rings. The highest BCUT2D eigenvalue weighted by Gasteiger charge is 2.13.